The monoisotopic (exact) mass is 215 g/mol. The van der Waals surface area contributed by atoms with Gasteiger partial charge in [-0.1, -0.05) is 0 Å². The Labute approximate surface area is 80.8 Å². The fourth-order valence-corrected chi connectivity index (χ4v) is 3.21. The first-order valence-corrected chi connectivity index (χ1v) is 5.84. The van der Waals surface area contributed by atoms with Gasteiger partial charge >= 0.3 is 0 Å². The summed E-state index contributed by atoms with van der Waals surface area (Å²) in [6.07, 6.45) is 0. The van der Waals surface area contributed by atoms with Gasteiger partial charge in [-0.3, -0.25) is 4.79 Å². The number of carbonyl (C=O) groups is 1. The van der Waals surface area contributed by atoms with Gasteiger partial charge in [0.25, 0.3) is 0 Å². The molecule has 0 amide bonds. The molecule has 2 rings (SSSR count). The van der Waals surface area contributed by atoms with Crippen LogP contribution in [-0.4, -0.2) is 14.2 Å². The van der Waals surface area contributed by atoms with Crippen molar-refractivity contribution in [1.82, 2.24) is 0 Å². The maximum Gasteiger partial charge on any atom is 0.195 e. The summed E-state index contributed by atoms with van der Waals surface area (Å²) in [4.78, 5) is 11.1. The quantitative estimate of drug-likeness (QED) is 0.688. The van der Waals surface area contributed by atoms with Crippen LogP contribution in [-0.2, 0) is 21.3 Å². The van der Waals surface area contributed by atoms with Crippen molar-refractivity contribution >= 4 is 21.5 Å². The Morgan fingerprint density at radius 2 is 1.93 bits per heavy atom. The van der Waals surface area contributed by atoms with Crippen LogP contribution in [0.2, 0.25) is 0 Å². The first-order valence-electron chi connectivity index (χ1n) is 4.02. The molecule has 1 aliphatic heterocycles. The molecule has 5 nitrogen and oxygen atoms in total. The Kier molecular flexibility index (Phi) is 1.72. The van der Waals surface area contributed by atoms with Gasteiger partial charge < -0.3 is 10.2 Å². The van der Waals surface area contributed by atoms with Crippen LogP contribution >= 0.6 is 0 Å². The van der Waals surface area contributed by atoms with E-state index < -0.39 is 9.84 Å². The van der Waals surface area contributed by atoms with Crippen molar-refractivity contribution < 1.29 is 17.6 Å². The highest BCUT2D eigenvalue weighted by Gasteiger charge is 2.33. The third-order valence-corrected chi connectivity index (χ3v) is 3.65. The number of hydrogen-bond donors (Lipinski definition) is 1. The SMILES string of the molecule is CC(=O)c1oc(N)c2c1CS(=O)(=O)C2. The number of furan rings is 1. The Hall–Kier alpha value is -1.30. The maximum absolute atomic E-state index is 11.3. The zero-order chi connectivity index (χ0) is 10.5. The predicted molar refractivity (Wildman–Crippen MR) is 49.5 cm³/mol. The second-order valence-corrected chi connectivity index (χ2v) is 5.41. The maximum atomic E-state index is 11.3. The molecule has 0 fully saturated rings. The van der Waals surface area contributed by atoms with Gasteiger partial charge in [0.2, 0.25) is 0 Å². The summed E-state index contributed by atoms with van der Waals surface area (Å²) in [6.45, 7) is 1.32. The Morgan fingerprint density at radius 3 is 2.50 bits per heavy atom. The molecule has 0 unspecified atom stereocenters. The van der Waals surface area contributed by atoms with Crippen LogP contribution in [0.15, 0.2) is 4.42 Å². The first-order chi connectivity index (χ1) is 6.41. The summed E-state index contributed by atoms with van der Waals surface area (Å²) < 4.78 is 27.5. The van der Waals surface area contributed by atoms with E-state index in [1.807, 2.05) is 0 Å². The third kappa shape index (κ3) is 1.22. The summed E-state index contributed by atoms with van der Waals surface area (Å²) in [6, 6.07) is 0. The lowest BCUT2D eigenvalue weighted by atomic mass is 10.1. The van der Waals surface area contributed by atoms with Crippen LogP contribution in [0.1, 0.15) is 28.6 Å². The lowest BCUT2D eigenvalue weighted by molar-refractivity contribution is 0.0987. The van der Waals surface area contributed by atoms with E-state index in [2.05, 4.69) is 0 Å². The van der Waals surface area contributed by atoms with Crippen molar-refractivity contribution in [2.75, 3.05) is 5.73 Å². The molecule has 2 N–H and O–H groups in total. The second-order valence-electron chi connectivity index (χ2n) is 3.34. The molecule has 0 aliphatic carbocycles. The molecule has 0 saturated carbocycles. The standard InChI is InChI=1S/C8H9NO4S/c1-4(10)7-5-2-14(11,12)3-6(5)8(9)13-7/h2-3,9H2,1H3. The van der Waals surface area contributed by atoms with Crippen molar-refractivity contribution in [2.45, 2.75) is 18.4 Å². The smallest absolute Gasteiger partial charge is 0.195 e. The molecule has 0 spiro atoms. The van der Waals surface area contributed by atoms with Crippen LogP contribution < -0.4 is 5.73 Å². The number of nitrogens with two attached hydrogens (primary N) is 1. The highest BCUT2D eigenvalue weighted by Crippen LogP contribution is 2.34. The molecular weight excluding hydrogens is 206 g/mol. The molecule has 1 aromatic rings. The van der Waals surface area contributed by atoms with Crippen molar-refractivity contribution in [2.24, 2.45) is 0 Å². The summed E-state index contributed by atoms with van der Waals surface area (Å²) in [7, 11) is -3.13. The number of sulfone groups is 1. The molecule has 1 aromatic heterocycles. The van der Waals surface area contributed by atoms with Gasteiger partial charge in [0.05, 0.1) is 11.5 Å². The van der Waals surface area contributed by atoms with Crippen molar-refractivity contribution in [3.8, 4) is 0 Å². The summed E-state index contributed by atoms with van der Waals surface area (Å²) in [5, 5.41) is 0. The lowest BCUT2D eigenvalue weighted by Crippen LogP contribution is -2.00. The summed E-state index contributed by atoms with van der Waals surface area (Å²) >= 11 is 0. The van der Waals surface area contributed by atoms with E-state index in [-0.39, 0.29) is 28.9 Å². The molecule has 0 aromatic carbocycles. The minimum atomic E-state index is -3.13. The van der Waals surface area contributed by atoms with Crippen molar-refractivity contribution in [3.63, 3.8) is 0 Å². The van der Waals surface area contributed by atoms with Gasteiger partial charge in [0.1, 0.15) is 0 Å². The number of hydrogen-bond acceptors (Lipinski definition) is 5. The van der Waals surface area contributed by atoms with Crippen molar-refractivity contribution in [1.29, 1.82) is 0 Å². The highest BCUT2D eigenvalue weighted by atomic mass is 32.2. The minimum Gasteiger partial charge on any atom is -0.437 e. The van der Waals surface area contributed by atoms with E-state index >= 15 is 0 Å². The molecular formula is C8H9NO4S. The lowest BCUT2D eigenvalue weighted by Gasteiger charge is -1.93. The zero-order valence-corrected chi connectivity index (χ0v) is 8.35. The molecule has 0 saturated heterocycles. The van der Waals surface area contributed by atoms with E-state index in [0.717, 1.165) is 0 Å². The van der Waals surface area contributed by atoms with Gasteiger partial charge in [-0.05, 0) is 0 Å². The van der Waals surface area contributed by atoms with Crippen LogP contribution in [0.4, 0.5) is 5.88 Å². The predicted octanol–water partition coefficient (Wildman–Crippen LogP) is 0.493. The molecule has 2 heterocycles. The van der Waals surface area contributed by atoms with E-state index in [9.17, 15) is 13.2 Å². The van der Waals surface area contributed by atoms with E-state index in [1.54, 1.807) is 0 Å². The Morgan fingerprint density at radius 1 is 1.36 bits per heavy atom. The molecule has 0 bridgehead atoms. The van der Waals surface area contributed by atoms with E-state index in [0.29, 0.717) is 11.1 Å². The number of Topliss-reactive ketones (excluding diaryl/α,β-unsaturated/α-hetero) is 1. The second kappa shape index (κ2) is 2.60. The van der Waals surface area contributed by atoms with Crippen LogP contribution in [0, 0.1) is 0 Å². The van der Waals surface area contributed by atoms with Gasteiger partial charge in [0, 0.05) is 18.1 Å². The largest absolute Gasteiger partial charge is 0.437 e. The first kappa shape index (κ1) is 9.26. The van der Waals surface area contributed by atoms with Crippen molar-refractivity contribution in [3.05, 3.63) is 16.9 Å². The summed E-state index contributed by atoms with van der Waals surface area (Å²) in [5.74, 6) is -0.428. The number of fused-ring (bicyclic) bond motifs is 1. The van der Waals surface area contributed by atoms with E-state index in [1.165, 1.54) is 6.92 Å². The average Bonchev–Trinajstić information content (AvgIpc) is 2.47. The van der Waals surface area contributed by atoms with Gasteiger partial charge in [0.15, 0.2) is 27.3 Å². The number of carbonyl (C=O) groups excluding carboxylic acids is 1. The molecule has 1 aliphatic rings. The molecule has 0 radical (unpaired) electrons. The normalized spacial score (nSPS) is 18.1. The Balaban J connectivity index is 2.63. The topological polar surface area (TPSA) is 90.4 Å². The Bertz CT molecular complexity index is 512. The number of nitrogen functional groups attached to an aromatic ring is 1. The highest BCUT2D eigenvalue weighted by molar-refractivity contribution is 7.90. The number of rotatable bonds is 1. The molecule has 6 heteroatoms. The number of anilines is 1. The molecule has 0 atom stereocenters. The van der Waals surface area contributed by atoms with E-state index in [4.69, 9.17) is 10.2 Å². The molecule has 76 valence electrons. The van der Waals surface area contributed by atoms with Gasteiger partial charge in [-0.2, -0.15) is 0 Å². The van der Waals surface area contributed by atoms with Gasteiger partial charge in [-0.25, -0.2) is 8.42 Å². The minimum absolute atomic E-state index is 0.0475. The van der Waals surface area contributed by atoms with Crippen LogP contribution in [0.5, 0.6) is 0 Å². The third-order valence-electron chi connectivity index (χ3n) is 2.20. The van der Waals surface area contributed by atoms with Crippen LogP contribution in [0.3, 0.4) is 0 Å². The summed E-state index contributed by atoms with van der Waals surface area (Å²) in [5.41, 5.74) is 6.36. The zero-order valence-electron chi connectivity index (χ0n) is 7.53. The number of ketones is 1. The fraction of sp³-hybridized carbons (Fsp3) is 0.375. The fourth-order valence-electron chi connectivity index (χ4n) is 1.61. The average molecular weight is 215 g/mol. The van der Waals surface area contributed by atoms with Crippen LogP contribution in [0.25, 0.3) is 0 Å². The molecule has 14 heavy (non-hydrogen) atoms. The van der Waals surface area contributed by atoms with Gasteiger partial charge in [-0.15, -0.1) is 0 Å².